The van der Waals surface area contributed by atoms with Crippen molar-refractivity contribution in [3.8, 4) is 5.75 Å². The van der Waals surface area contributed by atoms with Gasteiger partial charge in [0.25, 0.3) is 15.9 Å². The van der Waals surface area contributed by atoms with Crippen LogP contribution in [0.15, 0.2) is 47.4 Å². The zero-order valence-electron chi connectivity index (χ0n) is 18.2. The smallest absolute Gasteiger partial charge is 0.264 e. The Morgan fingerprint density at radius 1 is 1.09 bits per heavy atom. The van der Waals surface area contributed by atoms with Crippen LogP contribution in [-0.4, -0.2) is 45.1 Å². The Morgan fingerprint density at radius 3 is 2.39 bits per heavy atom. The van der Waals surface area contributed by atoms with E-state index in [4.69, 9.17) is 16.3 Å². The van der Waals surface area contributed by atoms with Gasteiger partial charge in [0, 0.05) is 17.5 Å². The standard InChI is InChI=1S/C23H27ClN2O6S/c1-32-21-11-6-17(24)14-20(21)23(29)25-13-12-15-2-9-19(10-3-15)33(30,31)26-22(28)16-4-7-18(27)8-5-16/h2-3,6,9-11,14,16,18,27H,4-5,7-8,12-13H2,1H3,(H,25,29)(H,26,28). The van der Waals surface area contributed by atoms with E-state index >= 15 is 0 Å². The summed E-state index contributed by atoms with van der Waals surface area (Å²) in [6.45, 7) is 0.324. The largest absolute Gasteiger partial charge is 0.496 e. The topological polar surface area (TPSA) is 122 Å². The number of methoxy groups -OCH3 is 1. The molecule has 0 unspecified atom stereocenters. The van der Waals surface area contributed by atoms with Crippen LogP contribution in [0, 0.1) is 5.92 Å². The Bertz CT molecular complexity index is 1100. The molecule has 0 aliphatic heterocycles. The summed E-state index contributed by atoms with van der Waals surface area (Å²) in [5, 5.41) is 12.8. The highest BCUT2D eigenvalue weighted by atomic mass is 35.5. The van der Waals surface area contributed by atoms with Gasteiger partial charge in [-0.1, -0.05) is 23.7 Å². The predicted molar refractivity (Wildman–Crippen MR) is 124 cm³/mol. The molecule has 3 N–H and O–H groups in total. The van der Waals surface area contributed by atoms with Crippen LogP contribution < -0.4 is 14.8 Å². The molecule has 8 nitrogen and oxygen atoms in total. The molecule has 3 rings (SSSR count). The summed E-state index contributed by atoms with van der Waals surface area (Å²) in [7, 11) is -2.51. The lowest BCUT2D eigenvalue weighted by atomic mass is 9.87. The molecule has 0 radical (unpaired) electrons. The summed E-state index contributed by atoms with van der Waals surface area (Å²) in [5.74, 6) is -0.862. The number of rotatable bonds is 8. The van der Waals surface area contributed by atoms with Crippen LogP contribution in [0.5, 0.6) is 5.75 Å². The third-order valence-electron chi connectivity index (χ3n) is 5.64. The minimum absolute atomic E-state index is 0.0110. The first-order valence-corrected chi connectivity index (χ1v) is 12.5. The minimum atomic E-state index is -3.98. The quantitative estimate of drug-likeness (QED) is 0.518. The summed E-state index contributed by atoms with van der Waals surface area (Å²) in [4.78, 5) is 24.7. The molecule has 0 spiro atoms. The van der Waals surface area contributed by atoms with E-state index in [9.17, 15) is 23.1 Å². The van der Waals surface area contributed by atoms with Gasteiger partial charge >= 0.3 is 0 Å². The van der Waals surface area contributed by atoms with E-state index in [0.717, 1.165) is 5.56 Å². The Balaban J connectivity index is 1.54. The van der Waals surface area contributed by atoms with Crippen LogP contribution in [0.3, 0.4) is 0 Å². The maximum absolute atomic E-state index is 12.5. The lowest BCUT2D eigenvalue weighted by molar-refractivity contribution is -0.124. The molecule has 178 valence electrons. The van der Waals surface area contributed by atoms with Gasteiger partial charge in [0.05, 0.1) is 23.7 Å². The van der Waals surface area contributed by atoms with Crippen molar-refractivity contribution in [1.29, 1.82) is 0 Å². The highest BCUT2D eigenvalue weighted by Gasteiger charge is 2.28. The average Bonchev–Trinajstić information content (AvgIpc) is 2.79. The van der Waals surface area contributed by atoms with E-state index in [1.54, 1.807) is 24.3 Å². The van der Waals surface area contributed by atoms with Crippen molar-refractivity contribution in [1.82, 2.24) is 10.0 Å². The molecule has 2 aromatic carbocycles. The second-order valence-corrected chi connectivity index (χ2v) is 10.1. The maximum Gasteiger partial charge on any atom is 0.264 e. The Labute approximate surface area is 198 Å². The number of carbonyl (C=O) groups is 2. The number of sulfonamides is 1. The van der Waals surface area contributed by atoms with Gasteiger partial charge in [0.2, 0.25) is 5.91 Å². The van der Waals surface area contributed by atoms with Gasteiger partial charge in [-0.15, -0.1) is 0 Å². The molecule has 0 bridgehead atoms. The molecule has 1 saturated carbocycles. The van der Waals surface area contributed by atoms with Gasteiger partial charge in [-0.3, -0.25) is 9.59 Å². The number of nitrogens with one attached hydrogen (secondary N) is 2. The molecule has 1 aliphatic rings. The fourth-order valence-corrected chi connectivity index (χ4v) is 4.94. The minimum Gasteiger partial charge on any atom is -0.496 e. The van der Waals surface area contributed by atoms with Crippen LogP contribution >= 0.6 is 11.6 Å². The fraction of sp³-hybridized carbons (Fsp3) is 0.391. The van der Waals surface area contributed by atoms with Crippen molar-refractivity contribution < 1.29 is 27.9 Å². The second-order valence-electron chi connectivity index (χ2n) is 7.97. The lowest BCUT2D eigenvalue weighted by Gasteiger charge is -2.24. The summed E-state index contributed by atoms with van der Waals surface area (Å²) in [5.41, 5.74) is 1.15. The third kappa shape index (κ3) is 6.69. The molecule has 33 heavy (non-hydrogen) atoms. The van der Waals surface area contributed by atoms with Gasteiger partial charge in [-0.05, 0) is 68.0 Å². The summed E-state index contributed by atoms with van der Waals surface area (Å²) < 4.78 is 32.4. The van der Waals surface area contributed by atoms with Gasteiger partial charge in [0.1, 0.15) is 5.75 Å². The Hall–Kier alpha value is -2.62. The molecule has 2 aromatic rings. The first-order chi connectivity index (χ1) is 15.7. The molecule has 0 atom stereocenters. The summed E-state index contributed by atoms with van der Waals surface area (Å²) in [6, 6.07) is 10.9. The Kier molecular flexibility index (Phi) is 8.34. The van der Waals surface area contributed by atoms with Crippen LogP contribution in [0.25, 0.3) is 0 Å². The predicted octanol–water partition coefficient (Wildman–Crippen LogP) is 2.68. The van der Waals surface area contributed by atoms with Gasteiger partial charge in [0.15, 0.2) is 0 Å². The van der Waals surface area contributed by atoms with E-state index in [1.165, 1.54) is 25.3 Å². The summed E-state index contributed by atoms with van der Waals surface area (Å²) >= 11 is 5.96. The zero-order valence-corrected chi connectivity index (χ0v) is 19.8. The van der Waals surface area contributed by atoms with E-state index in [0.29, 0.717) is 55.0 Å². The third-order valence-corrected chi connectivity index (χ3v) is 7.24. The number of amides is 2. The van der Waals surface area contributed by atoms with E-state index in [2.05, 4.69) is 10.0 Å². The first-order valence-electron chi connectivity index (χ1n) is 10.6. The van der Waals surface area contributed by atoms with Gasteiger partial charge < -0.3 is 15.2 Å². The molecular formula is C23H27ClN2O6S. The van der Waals surface area contributed by atoms with Crippen LogP contribution in [0.4, 0.5) is 0 Å². The number of ether oxygens (including phenoxy) is 1. The molecular weight excluding hydrogens is 468 g/mol. The monoisotopic (exact) mass is 494 g/mol. The lowest BCUT2D eigenvalue weighted by Crippen LogP contribution is -2.37. The van der Waals surface area contributed by atoms with Crippen molar-refractivity contribution in [3.05, 3.63) is 58.6 Å². The molecule has 0 aromatic heterocycles. The molecule has 0 saturated heterocycles. The van der Waals surface area contributed by atoms with Crippen molar-refractivity contribution in [2.75, 3.05) is 13.7 Å². The van der Waals surface area contributed by atoms with Crippen molar-refractivity contribution in [2.45, 2.75) is 43.1 Å². The highest BCUT2D eigenvalue weighted by Crippen LogP contribution is 2.25. The maximum atomic E-state index is 12.5. The van der Waals surface area contributed by atoms with Crippen molar-refractivity contribution >= 4 is 33.4 Å². The second kappa shape index (κ2) is 11.0. The number of aliphatic hydroxyl groups excluding tert-OH is 1. The van der Waals surface area contributed by atoms with E-state index in [1.807, 2.05) is 0 Å². The van der Waals surface area contributed by atoms with Crippen molar-refractivity contribution in [2.24, 2.45) is 5.92 Å². The number of hydrogen-bond donors (Lipinski definition) is 3. The Morgan fingerprint density at radius 2 is 1.76 bits per heavy atom. The normalized spacial score (nSPS) is 18.4. The number of carbonyl (C=O) groups excluding carboxylic acids is 2. The van der Waals surface area contributed by atoms with Crippen molar-refractivity contribution in [3.63, 3.8) is 0 Å². The number of hydrogen-bond acceptors (Lipinski definition) is 6. The molecule has 1 fully saturated rings. The van der Waals surface area contributed by atoms with E-state index in [-0.39, 0.29) is 10.8 Å². The van der Waals surface area contributed by atoms with Gasteiger partial charge in [-0.25, -0.2) is 13.1 Å². The summed E-state index contributed by atoms with van der Waals surface area (Å²) in [6.07, 6.45) is 1.98. The first kappa shape index (κ1) is 25.0. The molecule has 10 heteroatoms. The zero-order chi connectivity index (χ0) is 24.0. The fourth-order valence-electron chi connectivity index (χ4n) is 3.72. The van der Waals surface area contributed by atoms with E-state index < -0.39 is 28.0 Å². The van der Waals surface area contributed by atoms with Gasteiger partial charge in [-0.2, -0.15) is 0 Å². The SMILES string of the molecule is COc1ccc(Cl)cc1C(=O)NCCc1ccc(S(=O)(=O)NC(=O)C2CCC(O)CC2)cc1. The molecule has 0 heterocycles. The molecule has 2 amide bonds. The van der Waals surface area contributed by atoms with Crippen LogP contribution in [0.1, 0.15) is 41.6 Å². The van der Waals surface area contributed by atoms with Crippen LogP contribution in [0.2, 0.25) is 5.02 Å². The number of benzene rings is 2. The van der Waals surface area contributed by atoms with Crippen LogP contribution in [-0.2, 0) is 21.2 Å². The molecule has 1 aliphatic carbocycles. The highest BCUT2D eigenvalue weighted by molar-refractivity contribution is 7.90. The number of aliphatic hydroxyl groups is 1. The average molecular weight is 495 g/mol. The number of halogens is 1.